The van der Waals surface area contributed by atoms with Crippen LogP contribution in [-0.2, 0) is 9.53 Å². The van der Waals surface area contributed by atoms with E-state index in [0.717, 1.165) is 12.0 Å². The monoisotopic (exact) mass is 262 g/mol. The molecular formula is C15H22N2O2. The minimum absolute atomic E-state index is 0.0409. The normalized spacial score (nSPS) is 26.3. The van der Waals surface area contributed by atoms with Crippen LogP contribution in [0.4, 0.5) is 0 Å². The fourth-order valence-corrected chi connectivity index (χ4v) is 2.60. The number of hydrogen-bond acceptors (Lipinski definition) is 3. The van der Waals surface area contributed by atoms with Gasteiger partial charge in [-0.05, 0) is 12.0 Å². The standard InChI is InChI=1S/C15H22N2O2/c1-15(2)11(9-12(15)19-3)17-14(18)13(16)10-7-5-4-6-8-10/h4-8,11-13H,9,16H2,1-3H3,(H,17,18)/t11?,12?,13-/m1/s1. The van der Waals surface area contributed by atoms with Crippen molar-refractivity contribution >= 4 is 5.91 Å². The summed E-state index contributed by atoms with van der Waals surface area (Å²) >= 11 is 0. The maximum atomic E-state index is 12.2. The summed E-state index contributed by atoms with van der Waals surface area (Å²) < 4.78 is 5.38. The molecule has 4 heteroatoms. The Labute approximate surface area is 114 Å². The molecule has 1 aliphatic carbocycles. The highest BCUT2D eigenvalue weighted by Gasteiger charge is 2.49. The lowest BCUT2D eigenvalue weighted by molar-refractivity contribution is -0.133. The van der Waals surface area contributed by atoms with Crippen LogP contribution in [0.5, 0.6) is 0 Å². The molecule has 0 bridgehead atoms. The number of nitrogens with one attached hydrogen (secondary N) is 1. The molecule has 1 fully saturated rings. The number of hydrogen-bond donors (Lipinski definition) is 2. The lowest BCUT2D eigenvalue weighted by atomic mass is 9.64. The smallest absolute Gasteiger partial charge is 0.241 e. The Morgan fingerprint density at radius 3 is 2.58 bits per heavy atom. The number of rotatable bonds is 4. The van der Waals surface area contributed by atoms with Crippen molar-refractivity contribution in [1.82, 2.24) is 5.32 Å². The van der Waals surface area contributed by atoms with E-state index in [1.807, 2.05) is 30.3 Å². The Morgan fingerprint density at radius 1 is 1.42 bits per heavy atom. The van der Waals surface area contributed by atoms with Crippen molar-refractivity contribution in [2.24, 2.45) is 11.1 Å². The molecule has 2 rings (SSSR count). The molecule has 1 aromatic rings. The van der Waals surface area contributed by atoms with Crippen molar-refractivity contribution in [2.45, 2.75) is 38.5 Å². The summed E-state index contributed by atoms with van der Waals surface area (Å²) in [6.45, 7) is 4.20. The minimum Gasteiger partial charge on any atom is -0.381 e. The second-order valence-corrected chi connectivity index (χ2v) is 5.73. The zero-order valence-electron chi connectivity index (χ0n) is 11.7. The number of nitrogens with two attached hydrogens (primary N) is 1. The molecular weight excluding hydrogens is 240 g/mol. The van der Waals surface area contributed by atoms with E-state index in [1.165, 1.54) is 0 Å². The molecule has 1 aromatic carbocycles. The maximum absolute atomic E-state index is 12.2. The molecule has 4 nitrogen and oxygen atoms in total. The van der Waals surface area contributed by atoms with E-state index in [9.17, 15) is 4.79 Å². The van der Waals surface area contributed by atoms with Crippen molar-refractivity contribution < 1.29 is 9.53 Å². The Bertz CT molecular complexity index is 445. The summed E-state index contributed by atoms with van der Waals surface area (Å²) in [6.07, 6.45) is 1.04. The van der Waals surface area contributed by atoms with E-state index >= 15 is 0 Å². The first-order valence-corrected chi connectivity index (χ1v) is 6.60. The van der Waals surface area contributed by atoms with E-state index in [4.69, 9.17) is 10.5 Å². The third-order valence-corrected chi connectivity index (χ3v) is 4.22. The van der Waals surface area contributed by atoms with Crippen LogP contribution in [-0.4, -0.2) is 25.2 Å². The zero-order valence-corrected chi connectivity index (χ0v) is 11.7. The first-order chi connectivity index (χ1) is 8.96. The molecule has 0 heterocycles. The summed E-state index contributed by atoms with van der Waals surface area (Å²) in [5.74, 6) is -0.126. The van der Waals surface area contributed by atoms with E-state index < -0.39 is 6.04 Å². The van der Waals surface area contributed by atoms with Crippen LogP contribution in [0.2, 0.25) is 0 Å². The second-order valence-electron chi connectivity index (χ2n) is 5.73. The van der Waals surface area contributed by atoms with Crippen molar-refractivity contribution in [3.63, 3.8) is 0 Å². The number of methoxy groups -OCH3 is 1. The van der Waals surface area contributed by atoms with Crippen LogP contribution in [0, 0.1) is 5.41 Å². The number of amides is 1. The lowest BCUT2D eigenvalue weighted by Gasteiger charge is -2.51. The van der Waals surface area contributed by atoms with Crippen molar-refractivity contribution in [2.75, 3.05) is 7.11 Å². The highest BCUT2D eigenvalue weighted by atomic mass is 16.5. The summed E-state index contributed by atoms with van der Waals surface area (Å²) in [5.41, 5.74) is 6.77. The molecule has 2 unspecified atom stereocenters. The molecule has 0 saturated heterocycles. The predicted molar refractivity (Wildman–Crippen MR) is 74.5 cm³/mol. The second kappa shape index (κ2) is 5.31. The zero-order chi connectivity index (χ0) is 14.0. The van der Waals surface area contributed by atoms with Crippen LogP contribution >= 0.6 is 0 Å². The van der Waals surface area contributed by atoms with Gasteiger partial charge in [0.25, 0.3) is 0 Å². The topological polar surface area (TPSA) is 64.3 Å². The van der Waals surface area contributed by atoms with Gasteiger partial charge in [-0.2, -0.15) is 0 Å². The van der Waals surface area contributed by atoms with Crippen LogP contribution in [0.15, 0.2) is 30.3 Å². The molecule has 3 atom stereocenters. The number of ether oxygens (including phenoxy) is 1. The van der Waals surface area contributed by atoms with Crippen LogP contribution in [0.25, 0.3) is 0 Å². The van der Waals surface area contributed by atoms with E-state index in [0.29, 0.717) is 0 Å². The quantitative estimate of drug-likeness (QED) is 0.866. The maximum Gasteiger partial charge on any atom is 0.241 e. The van der Waals surface area contributed by atoms with Gasteiger partial charge in [-0.25, -0.2) is 0 Å². The molecule has 0 aromatic heterocycles. The molecule has 3 N–H and O–H groups in total. The van der Waals surface area contributed by atoms with Gasteiger partial charge >= 0.3 is 0 Å². The number of benzene rings is 1. The molecule has 104 valence electrons. The molecule has 19 heavy (non-hydrogen) atoms. The fourth-order valence-electron chi connectivity index (χ4n) is 2.60. The Balaban J connectivity index is 1.96. The fraction of sp³-hybridized carbons (Fsp3) is 0.533. The first kappa shape index (κ1) is 14.0. The van der Waals surface area contributed by atoms with Gasteiger partial charge in [-0.3, -0.25) is 4.79 Å². The van der Waals surface area contributed by atoms with E-state index in [2.05, 4.69) is 19.2 Å². The van der Waals surface area contributed by atoms with E-state index in [-0.39, 0.29) is 23.5 Å². The Morgan fingerprint density at radius 2 is 2.05 bits per heavy atom. The minimum atomic E-state index is -0.612. The highest BCUT2D eigenvalue weighted by Crippen LogP contribution is 2.42. The van der Waals surface area contributed by atoms with E-state index in [1.54, 1.807) is 7.11 Å². The van der Waals surface area contributed by atoms with Gasteiger partial charge in [-0.1, -0.05) is 44.2 Å². The molecule has 1 aliphatic rings. The third kappa shape index (κ3) is 2.65. The Kier molecular flexibility index (Phi) is 3.92. The van der Waals surface area contributed by atoms with Crippen molar-refractivity contribution in [3.8, 4) is 0 Å². The predicted octanol–water partition coefficient (Wildman–Crippen LogP) is 1.62. The number of carbonyl (C=O) groups excluding carboxylic acids is 1. The van der Waals surface area contributed by atoms with Crippen molar-refractivity contribution in [3.05, 3.63) is 35.9 Å². The van der Waals surface area contributed by atoms with Gasteiger partial charge in [-0.15, -0.1) is 0 Å². The van der Waals surface area contributed by atoms with Crippen LogP contribution in [0.3, 0.4) is 0 Å². The highest BCUT2D eigenvalue weighted by molar-refractivity contribution is 5.83. The molecule has 0 aliphatic heterocycles. The SMILES string of the molecule is COC1CC(NC(=O)[C@H](N)c2ccccc2)C1(C)C. The molecule has 1 amide bonds. The van der Waals surface area contributed by atoms with Gasteiger partial charge in [0, 0.05) is 18.6 Å². The number of carbonyl (C=O) groups is 1. The largest absolute Gasteiger partial charge is 0.381 e. The molecule has 0 radical (unpaired) electrons. The molecule has 0 spiro atoms. The van der Waals surface area contributed by atoms with Gasteiger partial charge in [0.05, 0.1) is 6.10 Å². The third-order valence-electron chi connectivity index (χ3n) is 4.22. The summed E-state index contributed by atoms with van der Waals surface area (Å²) in [6, 6.07) is 8.93. The summed E-state index contributed by atoms with van der Waals surface area (Å²) in [5, 5.41) is 3.03. The average Bonchev–Trinajstić information content (AvgIpc) is 2.42. The Hall–Kier alpha value is -1.39. The average molecular weight is 262 g/mol. The molecule has 1 saturated carbocycles. The van der Waals surface area contributed by atoms with Gasteiger partial charge in [0.15, 0.2) is 0 Å². The van der Waals surface area contributed by atoms with Crippen molar-refractivity contribution in [1.29, 1.82) is 0 Å². The van der Waals surface area contributed by atoms with Gasteiger partial charge in [0.1, 0.15) is 6.04 Å². The van der Waals surface area contributed by atoms with Gasteiger partial charge < -0.3 is 15.8 Å². The van der Waals surface area contributed by atoms with Gasteiger partial charge in [0.2, 0.25) is 5.91 Å². The summed E-state index contributed by atoms with van der Waals surface area (Å²) in [4.78, 5) is 12.2. The summed E-state index contributed by atoms with van der Waals surface area (Å²) in [7, 11) is 1.71. The van der Waals surface area contributed by atoms with Crippen LogP contribution in [0.1, 0.15) is 31.9 Å². The van der Waals surface area contributed by atoms with Crippen LogP contribution < -0.4 is 11.1 Å². The first-order valence-electron chi connectivity index (χ1n) is 6.60. The lowest BCUT2D eigenvalue weighted by Crippen LogP contribution is -2.62.